The van der Waals surface area contributed by atoms with Crippen molar-refractivity contribution in [2.75, 3.05) is 24.3 Å². The molecule has 1 fully saturated rings. The molecule has 0 bridgehead atoms. The Morgan fingerprint density at radius 2 is 2.00 bits per heavy atom. The minimum absolute atomic E-state index is 0.111. The molecule has 3 N–H and O–H groups in total. The molecule has 0 saturated carbocycles. The molecule has 0 spiro atoms. The van der Waals surface area contributed by atoms with Crippen molar-refractivity contribution < 1.29 is 4.74 Å². The number of hydrogen-bond acceptors (Lipinski definition) is 3. The van der Waals surface area contributed by atoms with Crippen molar-refractivity contribution in [3.8, 4) is 0 Å². The highest BCUT2D eigenvalue weighted by Gasteiger charge is 2.27. The van der Waals surface area contributed by atoms with Crippen molar-refractivity contribution in [1.29, 1.82) is 0 Å². The number of anilines is 2. The summed E-state index contributed by atoms with van der Waals surface area (Å²) < 4.78 is 5.39. The number of aryl methyl sites for hydroxylation is 1. The van der Waals surface area contributed by atoms with Gasteiger partial charge in [0.25, 0.3) is 0 Å². The number of nitrogens with one attached hydrogen (secondary N) is 1. The molecule has 1 aliphatic rings. The van der Waals surface area contributed by atoms with Crippen LogP contribution in [0.15, 0.2) is 18.2 Å². The summed E-state index contributed by atoms with van der Waals surface area (Å²) in [5, 5.41) is 3.56. The molecule has 0 atom stereocenters. The third-order valence-corrected chi connectivity index (χ3v) is 3.36. The van der Waals surface area contributed by atoms with Gasteiger partial charge in [-0.1, -0.05) is 12.1 Å². The smallest absolute Gasteiger partial charge is 0.0580 e. The molecule has 1 aromatic rings. The lowest BCUT2D eigenvalue weighted by Crippen LogP contribution is -2.40. The highest BCUT2D eigenvalue weighted by atomic mass is 16.5. The summed E-state index contributed by atoms with van der Waals surface area (Å²) in [5.74, 6) is 0. The van der Waals surface area contributed by atoms with E-state index in [2.05, 4.69) is 12.2 Å². The molecule has 1 heterocycles. The predicted octanol–water partition coefficient (Wildman–Crippen LogP) is 2.56. The van der Waals surface area contributed by atoms with Gasteiger partial charge in [0.2, 0.25) is 0 Å². The maximum atomic E-state index is 6.06. The van der Waals surface area contributed by atoms with Crippen molar-refractivity contribution in [3.05, 3.63) is 23.8 Å². The van der Waals surface area contributed by atoms with Crippen molar-refractivity contribution in [2.45, 2.75) is 32.2 Å². The Bertz CT molecular complexity index is 370. The Balaban J connectivity index is 2.16. The molecule has 3 heteroatoms. The van der Waals surface area contributed by atoms with Gasteiger partial charge in [0.05, 0.1) is 11.4 Å². The van der Waals surface area contributed by atoms with E-state index in [4.69, 9.17) is 10.5 Å². The van der Waals surface area contributed by atoms with E-state index >= 15 is 0 Å². The molecule has 2 rings (SSSR count). The fourth-order valence-electron chi connectivity index (χ4n) is 2.06. The third kappa shape index (κ3) is 2.30. The first-order valence-corrected chi connectivity index (χ1v) is 5.82. The van der Waals surface area contributed by atoms with Crippen molar-refractivity contribution in [2.24, 2.45) is 0 Å². The number of rotatable bonds is 2. The van der Waals surface area contributed by atoms with Gasteiger partial charge in [0, 0.05) is 18.8 Å². The van der Waals surface area contributed by atoms with E-state index in [1.165, 1.54) is 0 Å². The average molecular weight is 220 g/mol. The molecule has 0 unspecified atom stereocenters. The number of nitrogen functional groups attached to an aromatic ring is 1. The van der Waals surface area contributed by atoms with Crippen LogP contribution in [0.4, 0.5) is 11.4 Å². The maximum Gasteiger partial charge on any atom is 0.0580 e. The molecule has 88 valence electrons. The Morgan fingerprint density at radius 3 is 2.69 bits per heavy atom. The Labute approximate surface area is 97.0 Å². The average Bonchev–Trinajstić information content (AvgIpc) is 2.26. The van der Waals surface area contributed by atoms with Crippen LogP contribution >= 0.6 is 0 Å². The molecular weight excluding hydrogens is 200 g/mol. The highest BCUT2D eigenvalue weighted by molar-refractivity contribution is 5.70. The summed E-state index contributed by atoms with van der Waals surface area (Å²) in [6.07, 6.45) is 2.06. The van der Waals surface area contributed by atoms with Crippen molar-refractivity contribution in [3.63, 3.8) is 0 Å². The number of para-hydroxylation sites is 1. The van der Waals surface area contributed by atoms with Gasteiger partial charge in [0.15, 0.2) is 0 Å². The van der Waals surface area contributed by atoms with Crippen LogP contribution in [0.25, 0.3) is 0 Å². The van der Waals surface area contributed by atoms with Gasteiger partial charge in [-0.3, -0.25) is 0 Å². The van der Waals surface area contributed by atoms with Crippen LogP contribution < -0.4 is 11.1 Å². The van der Waals surface area contributed by atoms with E-state index in [-0.39, 0.29) is 5.54 Å². The highest BCUT2D eigenvalue weighted by Crippen LogP contribution is 2.29. The molecule has 0 amide bonds. The normalized spacial score (nSPS) is 19.4. The molecule has 0 radical (unpaired) electrons. The standard InChI is InChI=1S/C13H20N2O/c1-10-4-3-5-11(12(10)14)15-13(2)6-8-16-9-7-13/h3-5,15H,6-9,14H2,1-2H3. The maximum absolute atomic E-state index is 6.06. The van der Waals surface area contributed by atoms with Crippen LogP contribution in [0.1, 0.15) is 25.3 Å². The third-order valence-electron chi connectivity index (χ3n) is 3.36. The van der Waals surface area contributed by atoms with Gasteiger partial charge in [-0.15, -0.1) is 0 Å². The van der Waals surface area contributed by atoms with Crippen molar-refractivity contribution >= 4 is 11.4 Å². The van der Waals surface area contributed by atoms with Crippen LogP contribution in [-0.2, 0) is 4.74 Å². The van der Waals surface area contributed by atoms with Gasteiger partial charge in [0.1, 0.15) is 0 Å². The lowest BCUT2D eigenvalue weighted by atomic mass is 9.92. The van der Waals surface area contributed by atoms with Gasteiger partial charge in [-0.05, 0) is 38.3 Å². The first kappa shape index (κ1) is 11.3. The lowest BCUT2D eigenvalue weighted by molar-refractivity contribution is 0.0658. The van der Waals surface area contributed by atoms with E-state index in [0.717, 1.165) is 43.0 Å². The number of hydrogen-bond donors (Lipinski definition) is 2. The number of nitrogens with two attached hydrogens (primary N) is 1. The minimum Gasteiger partial charge on any atom is -0.397 e. The van der Waals surface area contributed by atoms with E-state index in [9.17, 15) is 0 Å². The van der Waals surface area contributed by atoms with E-state index < -0.39 is 0 Å². The zero-order valence-electron chi connectivity index (χ0n) is 10.0. The van der Waals surface area contributed by atoms with Crippen LogP contribution in [0, 0.1) is 6.92 Å². The zero-order chi connectivity index (χ0) is 11.6. The van der Waals surface area contributed by atoms with Crippen LogP contribution in [0.5, 0.6) is 0 Å². The number of benzene rings is 1. The summed E-state index contributed by atoms with van der Waals surface area (Å²) in [4.78, 5) is 0. The van der Waals surface area contributed by atoms with Crippen LogP contribution in [0.2, 0.25) is 0 Å². The lowest BCUT2D eigenvalue weighted by Gasteiger charge is -2.36. The van der Waals surface area contributed by atoms with Gasteiger partial charge in [-0.2, -0.15) is 0 Å². The molecule has 16 heavy (non-hydrogen) atoms. The molecule has 1 saturated heterocycles. The minimum atomic E-state index is 0.111. The molecule has 1 aliphatic heterocycles. The molecular formula is C13H20N2O. The summed E-state index contributed by atoms with van der Waals surface area (Å²) in [5.41, 5.74) is 9.20. The van der Waals surface area contributed by atoms with E-state index in [1.54, 1.807) is 0 Å². The fourth-order valence-corrected chi connectivity index (χ4v) is 2.06. The predicted molar refractivity (Wildman–Crippen MR) is 67.7 cm³/mol. The monoisotopic (exact) mass is 220 g/mol. The van der Waals surface area contributed by atoms with Crippen LogP contribution in [0.3, 0.4) is 0 Å². The van der Waals surface area contributed by atoms with Crippen molar-refractivity contribution in [1.82, 2.24) is 0 Å². The molecule has 3 nitrogen and oxygen atoms in total. The van der Waals surface area contributed by atoms with E-state index in [0.29, 0.717) is 0 Å². The molecule has 0 aliphatic carbocycles. The first-order chi connectivity index (χ1) is 7.61. The second-order valence-corrected chi connectivity index (χ2v) is 4.83. The molecule has 0 aromatic heterocycles. The topological polar surface area (TPSA) is 47.3 Å². The van der Waals surface area contributed by atoms with E-state index in [1.807, 2.05) is 25.1 Å². The SMILES string of the molecule is Cc1cccc(NC2(C)CCOCC2)c1N. The second-order valence-electron chi connectivity index (χ2n) is 4.83. The van der Waals surface area contributed by atoms with Gasteiger partial charge in [-0.25, -0.2) is 0 Å². The first-order valence-electron chi connectivity index (χ1n) is 5.82. The van der Waals surface area contributed by atoms with Gasteiger partial charge < -0.3 is 15.8 Å². The summed E-state index contributed by atoms with van der Waals surface area (Å²) >= 11 is 0. The summed E-state index contributed by atoms with van der Waals surface area (Å²) in [6.45, 7) is 5.93. The quantitative estimate of drug-likeness (QED) is 0.753. The largest absolute Gasteiger partial charge is 0.397 e. The van der Waals surface area contributed by atoms with Gasteiger partial charge >= 0.3 is 0 Å². The second kappa shape index (κ2) is 4.34. The molecule has 1 aromatic carbocycles. The van der Waals surface area contributed by atoms with Crippen LogP contribution in [-0.4, -0.2) is 18.8 Å². The Morgan fingerprint density at radius 1 is 1.31 bits per heavy atom. The fraction of sp³-hybridized carbons (Fsp3) is 0.538. The summed E-state index contributed by atoms with van der Waals surface area (Å²) in [7, 11) is 0. The summed E-state index contributed by atoms with van der Waals surface area (Å²) in [6, 6.07) is 6.12. The Kier molecular flexibility index (Phi) is 3.06. The zero-order valence-corrected chi connectivity index (χ0v) is 10.0. The number of ether oxygens (including phenoxy) is 1. The Hall–Kier alpha value is -1.22.